The van der Waals surface area contributed by atoms with Crippen LogP contribution in [0.25, 0.3) is 6.08 Å². The summed E-state index contributed by atoms with van der Waals surface area (Å²) < 4.78 is 6.92. The molecule has 0 fully saturated rings. The van der Waals surface area contributed by atoms with E-state index < -0.39 is 0 Å². The van der Waals surface area contributed by atoms with Crippen molar-refractivity contribution in [1.82, 2.24) is 9.78 Å². The minimum absolute atomic E-state index is 0.0370. The lowest BCUT2D eigenvalue weighted by Crippen LogP contribution is -1.95. The molecular weight excluding hydrogens is 252 g/mol. The molecule has 2 aromatic rings. The summed E-state index contributed by atoms with van der Waals surface area (Å²) in [5.41, 5.74) is 2.33. The van der Waals surface area contributed by atoms with Gasteiger partial charge < -0.3 is 4.74 Å². The molecule has 0 atom stereocenters. The van der Waals surface area contributed by atoms with Crippen LogP contribution in [0.4, 0.5) is 0 Å². The summed E-state index contributed by atoms with van der Waals surface area (Å²) in [7, 11) is 1.62. The van der Waals surface area contributed by atoms with Gasteiger partial charge in [0.05, 0.1) is 18.4 Å². The number of aromatic nitrogens is 2. The Morgan fingerprint density at radius 3 is 2.90 bits per heavy atom. The van der Waals surface area contributed by atoms with Crippen molar-refractivity contribution in [2.45, 2.75) is 20.4 Å². The minimum atomic E-state index is -0.0370. The highest BCUT2D eigenvalue weighted by molar-refractivity contribution is 6.07. The van der Waals surface area contributed by atoms with Crippen molar-refractivity contribution in [2.24, 2.45) is 0 Å². The number of allylic oxidation sites excluding steroid dienone is 1. The average molecular weight is 270 g/mol. The topological polar surface area (TPSA) is 44.1 Å². The van der Waals surface area contributed by atoms with Gasteiger partial charge in [0.15, 0.2) is 5.78 Å². The van der Waals surface area contributed by atoms with E-state index in [2.05, 4.69) is 5.10 Å². The van der Waals surface area contributed by atoms with Gasteiger partial charge in [0.2, 0.25) is 0 Å². The summed E-state index contributed by atoms with van der Waals surface area (Å²) >= 11 is 0. The van der Waals surface area contributed by atoms with Gasteiger partial charge in [-0.15, -0.1) is 0 Å². The van der Waals surface area contributed by atoms with Crippen LogP contribution in [0.3, 0.4) is 0 Å². The van der Waals surface area contributed by atoms with Crippen molar-refractivity contribution >= 4 is 11.9 Å². The fourth-order valence-electron chi connectivity index (χ4n) is 1.93. The summed E-state index contributed by atoms with van der Waals surface area (Å²) in [6, 6.07) is 7.57. The van der Waals surface area contributed by atoms with Crippen LogP contribution in [0, 0.1) is 6.92 Å². The third-order valence-electron chi connectivity index (χ3n) is 3.06. The number of nitrogens with zero attached hydrogens (tertiary/aromatic N) is 2. The molecule has 0 bridgehead atoms. The van der Waals surface area contributed by atoms with E-state index in [1.807, 2.05) is 38.1 Å². The molecule has 1 heterocycles. The summed E-state index contributed by atoms with van der Waals surface area (Å²) in [4.78, 5) is 12.2. The fourth-order valence-corrected chi connectivity index (χ4v) is 1.93. The second-order valence-electron chi connectivity index (χ2n) is 4.46. The molecule has 0 aliphatic rings. The lowest BCUT2D eigenvalue weighted by molar-refractivity contribution is 0.104. The van der Waals surface area contributed by atoms with Crippen molar-refractivity contribution in [3.8, 4) is 5.75 Å². The fraction of sp³-hybridized carbons (Fsp3) is 0.250. The molecule has 4 nitrogen and oxygen atoms in total. The molecule has 1 aromatic carbocycles. The van der Waals surface area contributed by atoms with Gasteiger partial charge >= 0.3 is 0 Å². The minimum Gasteiger partial charge on any atom is -0.497 e. The van der Waals surface area contributed by atoms with Crippen molar-refractivity contribution in [1.29, 1.82) is 0 Å². The molecule has 0 N–H and O–H groups in total. The molecule has 20 heavy (non-hydrogen) atoms. The molecule has 1 aromatic heterocycles. The molecule has 104 valence electrons. The molecule has 0 saturated carbocycles. The van der Waals surface area contributed by atoms with E-state index >= 15 is 0 Å². The van der Waals surface area contributed by atoms with Crippen LogP contribution >= 0.6 is 0 Å². The summed E-state index contributed by atoms with van der Waals surface area (Å²) in [5.74, 6) is 0.736. The summed E-state index contributed by atoms with van der Waals surface area (Å²) in [5, 5.41) is 4.27. The maximum atomic E-state index is 12.2. The smallest absolute Gasteiger partial charge is 0.189 e. The van der Waals surface area contributed by atoms with Gasteiger partial charge in [-0.2, -0.15) is 5.10 Å². The lowest BCUT2D eigenvalue weighted by atomic mass is 10.1. The monoisotopic (exact) mass is 270 g/mol. The number of ether oxygens (including phenoxy) is 1. The summed E-state index contributed by atoms with van der Waals surface area (Å²) in [6.45, 7) is 4.60. The largest absolute Gasteiger partial charge is 0.497 e. The van der Waals surface area contributed by atoms with E-state index in [0.29, 0.717) is 5.56 Å². The predicted octanol–water partition coefficient (Wildman–Crippen LogP) is 3.12. The second-order valence-corrected chi connectivity index (χ2v) is 4.46. The number of benzene rings is 1. The Hall–Kier alpha value is -2.36. The predicted molar refractivity (Wildman–Crippen MR) is 79.0 cm³/mol. The van der Waals surface area contributed by atoms with Crippen molar-refractivity contribution in [2.75, 3.05) is 7.11 Å². The normalized spacial score (nSPS) is 10.9. The number of carbonyl (C=O) groups excluding carboxylic acids is 1. The van der Waals surface area contributed by atoms with Gasteiger partial charge in [0.1, 0.15) is 5.75 Å². The van der Waals surface area contributed by atoms with Crippen LogP contribution in [0.2, 0.25) is 0 Å². The third kappa shape index (κ3) is 3.15. The Morgan fingerprint density at radius 1 is 1.45 bits per heavy atom. The van der Waals surface area contributed by atoms with E-state index in [-0.39, 0.29) is 5.78 Å². The van der Waals surface area contributed by atoms with Crippen LogP contribution in [-0.4, -0.2) is 22.7 Å². The zero-order valence-corrected chi connectivity index (χ0v) is 12.0. The molecule has 0 aliphatic heterocycles. The molecule has 2 rings (SSSR count). The van der Waals surface area contributed by atoms with Crippen LogP contribution in [0.1, 0.15) is 28.5 Å². The van der Waals surface area contributed by atoms with Gasteiger partial charge in [-0.3, -0.25) is 9.48 Å². The molecule has 4 heteroatoms. The zero-order valence-electron chi connectivity index (χ0n) is 12.0. The zero-order chi connectivity index (χ0) is 14.5. The molecule has 0 amide bonds. The number of hydrogen-bond donors (Lipinski definition) is 0. The van der Waals surface area contributed by atoms with E-state index in [4.69, 9.17) is 4.74 Å². The second kappa shape index (κ2) is 6.19. The third-order valence-corrected chi connectivity index (χ3v) is 3.06. The maximum absolute atomic E-state index is 12.2. The molecule has 0 spiro atoms. The molecule has 0 radical (unpaired) electrons. The number of aryl methyl sites for hydroxylation is 2. The number of methoxy groups -OCH3 is 1. The Labute approximate surface area is 118 Å². The standard InChI is InChI=1S/C16H18N2O2/c1-4-18-11-15(12(2)17-18)16(19)9-8-13-6-5-7-14(10-13)20-3/h5-11H,4H2,1-3H3/b9-8+. The van der Waals surface area contributed by atoms with Crippen molar-refractivity contribution in [3.05, 3.63) is 53.4 Å². The van der Waals surface area contributed by atoms with Crippen LogP contribution < -0.4 is 4.74 Å². The highest BCUT2D eigenvalue weighted by Gasteiger charge is 2.10. The molecule has 0 unspecified atom stereocenters. The van der Waals surface area contributed by atoms with Gasteiger partial charge in [0.25, 0.3) is 0 Å². The lowest BCUT2D eigenvalue weighted by Gasteiger charge is -1.99. The highest BCUT2D eigenvalue weighted by atomic mass is 16.5. The van der Waals surface area contributed by atoms with Gasteiger partial charge in [-0.05, 0) is 37.6 Å². The first-order valence-electron chi connectivity index (χ1n) is 6.54. The Kier molecular flexibility index (Phi) is 4.35. The first-order chi connectivity index (χ1) is 9.63. The van der Waals surface area contributed by atoms with Crippen LogP contribution in [0.5, 0.6) is 5.75 Å². The molecule has 0 saturated heterocycles. The van der Waals surface area contributed by atoms with Gasteiger partial charge in [-0.1, -0.05) is 18.2 Å². The van der Waals surface area contributed by atoms with Crippen molar-refractivity contribution in [3.63, 3.8) is 0 Å². The van der Waals surface area contributed by atoms with E-state index in [1.165, 1.54) is 0 Å². The molecular formula is C16H18N2O2. The SMILES string of the molecule is CCn1cc(C(=O)/C=C/c2cccc(OC)c2)c(C)n1. The van der Waals surface area contributed by atoms with Gasteiger partial charge in [-0.25, -0.2) is 0 Å². The van der Waals surface area contributed by atoms with Crippen LogP contribution in [-0.2, 0) is 6.54 Å². The number of rotatable bonds is 5. The maximum Gasteiger partial charge on any atom is 0.189 e. The number of carbonyl (C=O) groups is 1. The van der Waals surface area contributed by atoms with Crippen molar-refractivity contribution < 1.29 is 9.53 Å². The quantitative estimate of drug-likeness (QED) is 0.619. The summed E-state index contributed by atoms with van der Waals surface area (Å²) in [6.07, 6.45) is 5.14. The first-order valence-corrected chi connectivity index (χ1v) is 6.54. The van der Waals surface area contributed by atoms with Gasteiger partial charge in [0, 0.05) is 12.7 Å². The van der Waals surface area contributed by atoms with E-state index in [9.17, 15) is 4.79 Å². The Balaban J connectivity index is 2.17. The van der Waals surface area contributed by atoms with E-state index in [0.717, 1.165) is 23.6 Å². The van der Waals surface area contributed by atoms with Crippen LogP contribution in [0.15, 0.2) is 36.5 Å². The highest BCUT2D eigenvalue weighted by Crippen LogP contribution is 2.14. The number of ketones is 1. The number of hydrogen-bond acceptors (Lipinski definition) is 3. The average Bonchev–Trinajstić information content (AvgIpc) is 2.86. The van der Waals surface area contributed by atoms with E-state index in [1.54, 1.807) is 30.1 Å². The Morgan fingerprint density at radius 2 is 2.25 bits per heavy atom. The first kappa shape index (κ1) is 14.1. The molecule has 0 aliphatic carbocycles. The Bertz CT molecular complexity index is 642.